The number of carbonyl (C=O) groups excluding carboxylic acids is 1. The Morgan fingerprint density at radius 2 is 2.38 bits per heavy atom. The van der Waals surface area contributed by atoms with Crippen LogP contribution in [0.2, 0.25) is 0 Å². The van der Waals surface area contributed by atoms with Gasteiger partial charge in [-0.25, -0.2) is 0 Å². The molecule has 1 aliphatic heterocycles. The number of hydrogen-bond acceptors (Lipinski definition) is 2. The largest absolute Gasteiger partial charge is 0.377 e. The Balaban J connectivity index is 2.17. The van der Waals surface area contributed by atoms with E-state index in [1.54, 1.807) is 0 Å². The third-order valence-electron chi connectivity index (χ3n) is 2.70. The number of morpholine rings is 1. The van der Waals surface area contributed by atoms with E-state index in [1.165, 1.54) is 0 Å². The summed E-state index contributed by atoms with van der Waals surface area (Å²) in [5.74, 6) is 0.106. The summed E-state index contributed by atoms with van der Waals surface area (Å²) in [5, 5.41) is 0. The van der Waals surface area contributed by atoms with Crippen molar-refractivity contribution >= 4 is 28.5 Å². The highest BCUT2D eigenvalue weighted by atomic mass is 127. The minimum Gasteiger partial charge on any atom is -0.377 e. The Bertz CT molecular complexity index is 394. The molecule has 0 spiro atoms. The quantitative estimate of drug-likeness (QED) is 0.738. The van der Waals surface area contributed by atoms with Gasteiger partial charge in [-0.1, -0.05) is 6.07 Å². The molecule has 1 atom stereocenters. The second-order valence-corrected chi connectivity index (χ2v) is 5.18. The van der Waals surface area contributed by atoms with Crippen molar-refractivity contribution in [2.24, 2.45) is 0 Å². The summed E-state index contributed by atoms with van der Waals surface area (Å²) in [7, 11) is 0. The van der Waals surface area contributed by atoms with Crippen LogP contribution in [0.5, 0.6) is 0 Å². The van der Waals surface area contributed by atoms with Gasteiger partial charge in [0, 0.05) is 15.7 Å². The molecule has 0 saturated carbocycles. The molecule has 1 aromatic carbocycles. The Kier molecular flexibility index (Phi) is 3.81. The van der Waals surface area contributed by atoms with Crippen molar-refractivity contribution in [3.8, 4) is 0 Å². The van der Waals surface area contributed by atoms with Gasteiger partial charge in [0.15, 0.2) is 0 Å². The summed E-state index contributed by atoms with van der Waals surface area (Å²) >= 11 is 2.22. The van der Waals surface area contributed by atoms with Crippen molar-refractivity contribution in [3.05, 3.63) is 33.4 Å². The van der Waals surface area contributed by atoms with E-state index >= 15 is 0 Å². The van der Waals surface area contributed by atoms with E-state index < -0.39 is 0 Å². The van der Waals surface area contributed by atoms with Gasteiger partial charge in [0.2, 0.25) is 0 Å². The van der Waals surface area contributed by atoms with Crippen LogP contribution in [0.3, 0.4) is 0 Å². The van der Waals surface area contributed by atoms with Gasteiger partial charge in [-0.15, -0.1) is 0 Å². The first-order valence-corrected chi connectivity index (χ1v) is 6.40. The molecule has 1 aromatic rings. The Morgan fingerprint density at radius 3 is 3.06 bits per heavy atom. The van der Waals surface area contributed by atoms with Crippen molar-refractivity contribution in [2.45, 2.75) is 13.0 Å². The van der Waals surface area contributed by atoms with Crippen molar-refractivity contribution in [1.82, 2.24) is 4.90 Å². The summed E-state index contributed by atoms with van der Waals surface area (Å²) in [4.78, 5) is 14.1. The molecule has 1 aliphatic rings. The lowest BCUT2D eigenvalue weighted by Gasteiger charge is -2.33. The average Bonchev–Trinajstić information content (AvgIpc) is 2.29. The van der Waals surface area contributed by atoms with E-state index in [0.29, 0.717) is 19.8 Å². The maximum Gasteiger partial charge on any atom is 0.254 e. The van der Waals surface area contributed by atoms with E-state index in [1.807, 2.05) is 36.1 Å². The molecule has 16 heavy (non-hydrogen) atoms. The predicted molar refractivity (Wildman–Crippen MR) is 70.5 cm³/mol. The summed E-state index contributed by atoms with van der Waals surface area (Å²) < 4.78 is 6.41. The fraction of sp³-hybridized carbons (Fsp3) is 0.417. The van der Waals surface area contributed by atoms with E-state index in [2.05, 4.69) is 22.6 Å². The van der Waals surface area contributed by atoms with Crippen molar-refractivity contribution in [3.63, 3.8) is 0 Å². The van der Waals surface area contributed by atoms with Crippen molar-refractivity contribution in [1.29, 1.82) is 0 Å². The van der Waals surface area contributed by atoms with Gasteiger partial charge < -0.3 is 9.64 Å². The second-order valence-electron chi connectivity index (χ2n) is 3.93. The molecular formula is C12H14INO2. The number of amides is 1. The van der Waals surface area contributed by atoms with Crippen LogP contribution in [0.4, 0.5) is 0 Å². The number of ether oxygens (including phenoxy) is 1. The summed E-state index contributed by atoms with van der Waals surface area (Å²) in [6, 6.07) is 7.86. The summed E-state index contributed by atoms with van der Waals surface area (Å²) in [6.07, 6.45) is 0. The van der Waals surface area contributed by atoms with Gasteiger partial charge in [0.1, 0.15) is 0 Å². The highest BCUT2D eigenvalue weighted by Gasteiger charge is 2.24. The third-order valence-corrected chi connectivity index (χ3v) is 3.37. The van der Waals surface area contributed by atoms with E-state index in [-0.39, 0.29) is 11.9 Å². The third kappa shape index (κ3) is 2.55. The molecule has 0 aliphatic carbocycles. The zero-order chi connectivity index (χ0) is 11.5. The number of benzene rings is 1. The topological polar surface area (TPSA) is 29.5 Å². The van der Waals surface area contributed by atoms with Crippen LogP contribution in [-0.4, -0.2) is 36.6 Å². The normalized spacial score (nSPS) is 20.9. The van der Waals surface area contributed by atoms with Crippen LogP contribution in [0, 0.1) is 3.57 Å². The molecule has 1 fully saturated rings. The van der Waals surface area contributed by atoms with Gasteiger partial charge in [-0.2, -0.15) is 0 Å². The molecule has 1 saturated heterocycles. The standard InChI is InChI=1S/C12H14INO2/c1-9-8-16-6-5-14(9)12(15)10-3-2-4-11(13)7-10/h2-4,7,9H,5-6,8H2,1H3. The lowest BCUT2D eigenvalue weighted by atomic mass is 10.1. The molecule has 0 N–H and O–H groups in total. The van der Waals surface area contributed by atoms with Crippen molar-refractivity contribution in [2.75, 3.05) is 19.8 Å². The zero-order valence-corrected chi connectivity index (χ0v) is 11.3. The molecule has 0 radical (unpaired) electrons. The van der Waals surface area contributed by atoms with Crippen LogP contribution in [0.25, 0.3) is 0 Å². The first-order valence-electron chi connectivity index (χ1n) is 5.33. The van der Waals surface area contributed by atoms with Crippen LogP contribution < -0.4 is 0 Å². The molecule has 3 nitrogen and oxygen atoms in total. The number of nitrogens with zero attached hydrogens (tertiary/aromatic N) is 1. The summed E-state index contributed by atoms with van der Waals surface area (Å²) in [6.45, 7) is 3.98. The van der Waals surface area contributed by atoms with Crippen molar-refractivity contribution < 1.29 is 9.53 Å². The number of halogens is 1. The molecule has 1 unspecified atom stereocenters. The van der Waals surface area contributed by atoms with Gasteiger partial charge >= 0.3 is 0 Å². The molecule has 0 bridgehead atoms. The maximum atomic E-state index is 12.2. The molecule has 4 heteroatoms. The average molecular weight is 331 g/mol. The van der Waals surface area contributed by atoms with Gasteiger partial charge in [0.05, 0.1) is 19.3 Å². The Morgan fingerprint density at radius 1 is 1.56 bits per heavy atom. The van der Waals surface area contributed by atoms with E-state index in [9.17, 15) is 4.79 Å². The lowest BCUT2D eigenvalue weighted by Crippen LogP contribution is -2.47. The number of carbonyl (C=O) groups is 1. The smallest absolute Gasteiger partial charge is 0.254 e. The Labute approximate surface area is 109 Å². The fourth-order valence-electron chi connectivity index (χ4n) is 1.82. The highest BCUT2D eigenvalue weighted by Crippen LogP contribution is 2.14. The molecule has 1 heterocycles. The molecule has 0 aromatic heterocycles. The highest BCUT2D eigenvalue weighted by molar-refractivity contribution is 14.1. The van der Waals surface area contributed by atoms with Crippen LogP contribution in [-0.2, 0) is 4.74 Å². The van der Waals surface area contributed by atoms with Gasteiger partial charge in [0.25, 0.3) is 5.91 Å². The van der Waals surface area contributed by atoms with Crippen LogP contribution in [0.15, 0.2) is 24.3 Å². The maximum absolute atomic E-state index is 12.2. The van der Waals surface area contributed by atoms with Gasteiger partial charge in [-0.3, -0.25) is 4.79 Å². The van der Waals surface area contributed by atoms with E-state index in [0.717, 1.165) is 9.13 Å². The Hall–Kier alpha value is -0.620. The predicted octanol–water partition coefficient (Wildman–Crippen LogP) is 2.15. The minimum atomic E-state index is 0.106. The second kappa shape index (κ2) is 5.14. The molecule has 2 rings (SSSR count). The SMILES string of the molecule is CC1COCCN1C(=O)c1cccc(I)c1. The number of hydrogen-bond donors (Lipinski definition) is 0. The first-order chi connectivity index (χ1) is 7.68. The lowest BCUT2D eigenvalue weighted by molar-refractivity contribution is 0.00359. The first kappa shape index (κ1) is 11.9. The monoisotopic (exact) mass is 331 g/mol. The van der Waals surface area contributed by atoms with E-state index in [4.69, 9.17) is 4.74 Å². The van der Waals surface area contributed by atoms with Gasteiger partial charge in [-0.05, 0) is 47.7 Å². The van der Waals surface area contributed by atoms with Crippen LogP contribution in [0.1, 0.15) is 17.3 Å². The fourth-order valence-corrected chi connectivity index (χ4v) is 2.36. The zero-order valence-electron chi connectivity index (χ0n) is 9.15. The van der Waals surface area contributed by atoms with Crippen LogP contribution >= 0.6 is 22.6 Å². The molecule has 86 valence electrons. The summed E-state index contributed by atoms with van der Waals surface area (Å²) in [5.41, 5.74) is 0.764. The molecule has 1 amide bonds. The molecular weight excluding hydrogens is 317 g/mol. The minimum absolute atomic E-state index is 0.106. The number of rotatable bonds is 1.